The molecule has 0 bridgehead atoms. The van der Waals surface area contributed by atoms with Crippen molar-refractivity contribution in [3.8, 4) is 0 Å². The van der Waals surface area contributed by atoms with Gasteiger partial charge in [0.1, 0.15) is 20.4 Å². The van der Waals surface area contributed by atoms with E-state index in [-0.39, 0.29) is 50.1 Å². The molecule has 0 saturated heterocycles. The van der Waals surface area contributed by atoms with Crippen LogP contribution in [0.15, 0.2) is 85.6 Å². The van der Waals surface area contributed by atoms with Gasteiger partial charge in [-0.2, -0.15) is 40.2 Å². The van der Waals surface area contributed by atoms with E-state index in [0.29, 0.717) is 0 Å². The highest BCUT2D eigenvalue weighted by atomic mass is 35.5. The van der Waals surface area contributed by atoms with Crippen LogP contribution in [0.3, 0.4) is 0 Å². The number of nitrogen functional groups attached to an aromatic ring is 1. The molecule has 1 heterocycles. The number of anilines is 3. The van der Waals surface area contributed by atoms with Gasteiger partial charge in [0.05, 0.1) is 11.4 Å². The fourth-order valence-electron chi connectivity index (χ4n) is 4.28. The van der Waals surface area contributed by atoms with Crippen LogP contribution in [-0.2, 0) is 30.4 Å². The number of fused-ring (bicyclic) bond motifs is 2. The molecule has 0 saturated carbocycles. The highest BCUT2D eigenvalue weighted by Gasteiger charge is 2.24. The summed E-state index contributed by atoms with van der Waals surface area (Å²) in [6, 6.07) is 12.2. The Morgan fingerprint density at radius 3 is 1.91 bits per heavy atom. The quantitative estimate of drug-likeness (QED) is 0.120. The summed E-state index contributed by atoms with van der Waals surface area (Å²) in [5, 5.41) is 10.00. The van der Waals surface area contributed by atoms with Gasteiger partial charge in [-0.15, -0.1) is 10.2 Å². The second-order valence-electron chi connectivity index (χ2n) is 8.61. The van der Waals surface area contributed by atoms with Crippen LogP contribution in [0.2, 0.25) is 5.28 Å². The molecular weight excluding hydrogens is 650 g/mol. The minimum Gasteiger partial charge on any atom is -0.368 e. The maximum absolute atomic E-state index is 12.4. The Morgan fingerprint density at radius 1 is 0.674 bits per heavy atom. The first kappa shape index (κ1) is 30.1. The van der Waals surface area contributed by atoms with Crippen molar-refractivity contribution in [3.05, 3.63) is 65.9 Å². The zero-order valence-corrected chi connectivity index (χ0v) is 24.2. The van der Waals surface area contributed by atoms with Gasteiger partial charge in [-0.3, -0.25) is 13.7 Å². The largest absolute Gasteiger partial charge is 0.368 e. The van der Waals surface area contributed by atoms with Crippen molar-refractivity contribution in [1.29, 1.82) is 0 Å². The van der Waals surface area contributed by atoms with E-state index in [9.17, 15) is 38.9 Å². The molecule has 0 aliphatic heterocycles. The van der Waals surface area contributed by atoms with Crippen LogP contribution in [0.1, 0.15) is 0 Å². The van der Waals surface area contributed by atoms with Gasteiger partial charge in [0.25, 0.3) is 30.4 Å². The Balaban J connectivity index is 1.72. The van der Waals surface area contributed by atoms with Gasteiger partial charge >= 0.3 is 0 Å². The average molecular weight is 666 g/mol. The van der Waals surface area contributed by atoms with Gasteiger partial charge in [-0.25, -0.2) is 0 Å². The molecule has 5 aromatic rings. The number of benzene rings is 4. The number of halogens is 1. The first-order chi connectivity index (χ1) is 20.0. The Labute approximate surface area is 247 Å². The molecule has 0 spiro atoms. The van der Waals surface area contributed by atoms with Crippen LogP contribution < -0.4 is 11.1 Å². The molecular formula is C23H16ClN7O9S3. The van der Waals surface area contributed by atoms with Gasteiger partial charge in [0.2, 0.25) is 17.2 Å². The standard InChI is InChI=1S/C23H16ClN7O9S3/c24-21-27-22(25)29-23(28-21)26-15-10-9-14(13-4-2-6-18(19(13)15)42(35,36)37)30-31-16-8-7-11-12(20(16)43(38,39)40)3-1-5-17(11)41(32,33)34/h1-10H,(H,32,33,34)(H,35,36,37)(H,38,39,40)(H3,25,26,27,28,29). The van der Waals surface area contributed by atoms with Crippen LogP contribution in [-0.4, -0.2) is 53.9 Å². The highest BCUT2D eigenvalue weighted by molar-refractivity contribution is 7.86. The zero-order chi connectivity index (χ0) is 31.3. The lowest BCUT2D eigenvalue weighted by Crippen LogP contribution is -2.05. The van der Waals surface area contributed by atoms with E-state index in [1.807, 2.05) is 0 Å². The first-order valence-corrected chi connectivity index (χ1v) is 16.1. The monoisotopic (exact) mass is 665 g/mol. The first-order valence-electron chi connectivity index (χ1n) is 11.4. The number of rotatable bonds is 7. The van der Waals surface area contributed by atoms with Crippen LogP contribution in [0.4, 0.5) is 29.0 Å². The van der Waals surface area contributed by atoms with Crippen molar-refractivity contribution in [2.75, 3.05) is 11.1 Å². The molecule has 0 unspecified atom stereocenters. The molecule has 1 aromatic heterocycles. The third kappa shape index (κ3) is 6.08. The molecule has 0 amide bonds. The fourth-order valence-corrected chi connectivity index (χ4v) is 6.71. The average Bonchev–Trinajstić information content (AvgIpc) is 2.89. The summed E-state index contributed by atoms with van der Waals surface area (Å²) >= 11 is 5.83. The summed E-state index contributed by atoms with van der Waals surface area (Å²) in [5.74, 6) is -0.391. The molecule has 0 aliphatic carbocycles. The number of nitrogens with one attached hydrogen (secondary N) is 1. The van der Waals surface area contributed by atoms with Gasteiger partial charge < -0.3 is 11.1 Å². The smallest absolute Gasteiger partial charge is 0.297 e. The van der Waals surface area contributed by atoms with Crippen LogP contribution in [0.25, 0.3) is 21.5 Å². The van der Waals surface area contributed by atoms with Crippen LogP contribution in [0, 0.1) is 0 Å². The lowest BCUT2D eigenvalue weighted by Gasteiger charge is -2.13. The number of azo groups is 1. The van der Waals surface area contributed by atoms with Crippen molar-refractivity contribution in [2.45, 2.75) is 14.7 Å². The lowest BCUT2D eigenvalue weighted by molar-refractivity contribution is 0.481. The van der Waals surface area contributed by atoms with Crippen molar-refractivity contribution in [3.63, 3.8) is 0 Å². The molecule has 6 N–H and O–H groups in total. The van der Waals surface area contributed by atoms with Crippen molar-refractivity contribution < 1.29 is 38.9 Å². The predicted octanol–water partition coefficient (Wildman–Crippen LogP) is 4.31. The van der Waals surface area contributed by atoms with E-state index in [1.54, 1.807) is 0 Å². The van der Waals surface area contributed by atoms with E-state index in [1.165, 1.54) is 30.3 Å². The topological polar surface area (TPSA) is 265 Å². The summed E-state index contributed by atoms with van der Waals surface area (Å²) in [6.45, 7) is 0. The molecule has 0 aliphatic rings. The predicted molar refractivity (Wildman–Crippen MR) is 154 cm³/mol. The van der Waals surface area contributed by atoms with E-state index >= 15 is 0 Å². The second-order valence-corrected chi connectivity index (χ2v) is 13.1. The lowest BCUT2D eigenvalue weighted by atomic mass is 10.1. The molecule has 0 fully saturated rings. The minimum atomic E-state index is -5.04. The van der Waals surface area contributed by atoms with E-state index in [2.05, 4.69) is 30.5 Å². The Kier molecular flexibility index (Phi) is 7.50. The Bertz CT molecular complexity index is 2310. The zero-order valence-electron chi connectivity index (χ0n) is 21.0. The normalized spacial score (nSPS) is 12.7. The third-order valence-corrected chi connectivity index (χ3v) is 8.80. The highest BCUT2D eigenvalue weighted by Crippen LogP contribution is 2.40. The maximum Gasteiger partial charge on any atom is 0.297 e. The molecule has 222 valence electrons. The van der Waals surface area contributed by atoms with Crippen molar-refractivity contribution >= 4 is 92.5 Å². The fraction of sp³-hybridized carbons (Fsp3) is 0. The van der Waals surface area contributed by atoms with Gasteiger partial charge in [0.15, 0.2) is 0 Å². The molecule has 16 nitrogen and oxygen atoms in total. The van der Waals surface area contributed by atoms with Crippen molar-refractivity contribution in [2.24, 2.45) is 10.2 Å². The third-order valence-electron chi connectivity index (χ3n) is 5.88. The molecule has 43 heavy (non-hydrogen) atoms. The number of nitrogens with zero attached hydrogens (tertiary/aromatic N) is 5. The van der Waals surface area contributed by atoms with Gasteiger partial charge in [-0.05, 0) is 41.9 Å². The van der Waals surface area contributed by atoms with E-state index in [0.717, 1.165) is 30.3 Å². The summed E-state index contributed by atoms with van der Waals surface area (Å²) in [4.78, 5) is 9.44. The van der Waals surface area contributed by atoms with E-state index < -0.39 is 50.7 Å². The Morgan fingerprint density at radius 2 is 1.28 bits per heavy atom. The molecule has 0 radical (unpaired) electrons. The van der Waals surface area contributed by atoms with Gasteiger partial charge in [-0.1, -0.05) is 30.3 Å². The van der Waals surface area contributed by atoms with Crippen LogP contribution >= 0.6 is 11.6 Å². The van der Waals surface area contributed by atoms with E-state index in [4.69, 9.17) is 17.3 Å². The number of nitrogens with two attached hydrogens (primary N) is 1. The molecule has 4 aromatic carbocycles. The summed E-state index contributed by atoms with van der Waals surface area (Å²) < 4.78 is 102. The SMILES string of the molecule is Nc1nc(Cl)nc(Nc2ccc(N=Nc3ccc4c(S(=O)(=O)O)cccc4c3S(=O)(=O)O)c3cccc(S(=O)(=O)O)c23)n1. The summed E-state index contributed by atoms with van der Waals surface area (Å²) in [6.07, 6.45) is 0. The number of aromatic nitrogens is 3. The summed E-state index contributed by atoms with van der Waals surface area (Å²) in [7, 11) is -14.6. The number of hydrogen-bond donors (Lipinski definition) is 5. The maximum atomic E-state index is 12.4. The van der Waals surface area contributed by atoms with Crippen molar-refractivity contribution in [1.82, 2.24) is 15.0 Å². The molecule has 20 heteroatoms. The molecule has 5 rings (SSSR count). The second kappa shape index (κ2) is 10.7. The number of hydrogen-bond acceptors (Lipinski definition) is 13. The Hall–Kier alpha value is -4.37. The van der Waals surface area contributed by atoms with Gasteiger partial charge in [0, 0.05) is 21.5 Å². The van der Waals surface area contributed by atoms with Crippen LogP contribution in [0.5, 0.6) is 0 Å². The molecule has 0 atom stereocenters. The minimum absolute atomic E-state index is 0.0210. The summed E-state index contributed by atoms with van der Waals surface area (Å²) in [5.41, 5.74) is 5.22.